The van der Waals surface area contributed by atoms with Crippen LogP contribution < -0.4 is 5.32 Å². The van der Waals surface area contributed by atoms with E-state index in [-0.39, 0.29) is 23.6 Å². The van der Waals surface area contributed by atoms with Crippen molar-refractivity contribution in [1.29, 1.82) is 0 Å². The predicted octanol–water partition coefficient (Wildman–Crippen LogP) is 2.55. The molecule has 1 heterocycles. The van der Waals surface area contributed by atoms with Gasteiger partial charge in [-0.05, 0) is 24.6 Å². The number of aryl methyl sites for hydroxylation is 1. The second-order valence-corrected chi connectivity index (χ2v) is 4.75. The normalized spacial score (nSPS) is 10.2. The molecule has 104 valence electrons. The third kappa shape index (κ3) is 3.61. The Hall–Kier alpha value is -2.28. The van der Waals surface area contributed by atoms with E-state index < -0.39 is 11.8 Å². The molecule has 20 heavy (non-hydrogen) atoms. The topological polar surface area (TPSA) is 79.3 Å². The quantitative estimate of drug-likeness (QED) is 0.888. The Labute approximate surface area is 118 Å². The fourth-order valence-electron chi connectivity index (χ4n) is 1.57. The van der Waals surface area contributed by atoms with Gasteiger partial charge < -0.3 is 10.4 Å². The average Bonchev–Trinajstić information content (AvgIpc) is 2.92. The van der Waals surface area contributed by atoms with Gasteiger partial charge >= 0.3 is 5.97 Å². The van der Waals surface area contributed by atoms with E-state index in [1.54, 1.807) is 5.51 Å². The number of rotatable bonds is 5. The monoisotopic (exact) mass is 294 g/mol. The largest absolute Gasteiger partial charge is 0.478 e. The van der Waals surface area contributed by atoms with Gasteiger partial charge in [-0.2, -0.15) is 0 Å². The minimum Gasteiger partial charge on any atom is -0.478 e. The zero-order valence-corrected chi connectivity index (χ0v) is 11.1. The second-order valence-electron chi connectivity index (χ2n) is 4.03. The van der Waals surface area contributed by atoms with Crippen LogP contribution in [0.15, 0.2) is 29.1 Å². The van der Waals surface area contributed by atoms with Crippen LogP contribution in [0.5, 0.6) is 0 Å². The van der Waals surface area contributed by atoms with E-state index in [9.17, 15) is 14.0 Å². The molecule has 2 rings (SSSR count). The summed E-state index contributed by atoms with van der Waals surface area (Å²) in [4.78, 5) is 26.5. The van der Waals surface area contributed by atoms with Crippen LogP contribution in [-0.2, 0) is 11.2 Å². The van der Waals surface area contributed by atoms with Crippen molar-refractivity contribution in [1.82, 2.24) is 4.98 Å². The van der Waals surface area contributed by atoms with Crippen molar-refractivity contribution in [2.45, 2.75) is 12.8 Å². The molecule has 5 nitrogen and oxygen atoms in total. The van der Waals surface area contributed by atoms with Gasteiger partial charge in [0, 0.05) is 11.8 Å². The highest BCUT2D eigenvalue weighted by molar-refractivity contribution is 7.07. The Balaban J connectivity index is 2.00. The average molecular weight is 294 g/mol. The molecule has 2 N–H and O–H groups in total. The number of nitrogens with one attached hydrogen (secondary N) is 1. The summed E-state index contributed by atoms with van der Waals surface area (Å²) in [6, 6.07) is 3.25. The van der Waals surface area contributed by atoms with E-state index in [0.717, 1.165) is 23.9 Å². The zero-order valence-electron chi connectivity index (χ0n) is 10.3. The summed E-state index contributed by atoms with van der Waals surface area (Å²) < 4.78 is 13.5. The second kappa shape index (κ2) is 6.25. The van der Waals surface area contributed by atoms with Gasteiger partial charge in [-0.25, -0.2) is 14.2 Å². The first kappa shape index (κ1) is 14.1. The van der Waals surface area contributed by atoms with Crippen LogP contribution in [0, 0.1) is 5.82 Å². The van der Waals surface area contributed by atoms with Crippen molar-refractivity contribution in [2.24, 2.45) is 0 Å². The van der Waals surface area contributed by atoms with E-state index >= 15 is 0 Å². The lowest BCUT2D eigenvalue weighted by Crippen LogP contribution is -2.14. The van der Waals surface area contributed by atoms with Crippen molar-refractivity contribution in [3.63, 3.8) is 0 Å². The first-order chi connectivity index (χ1) is 9.56. The van der Waals surface area contributed by atoms with Gasteiger partial charge in [0.15, 0.2) is 0 Å². The van der Waals surface area contributed by atoms with E-state index in [2.05, 4.69) is 10.3 Å². The number of carbonyl (C=O) groups excluding carboxylic acids is 1. The predicted molar refractivity (Wildman–Crippen MR) is 72.4 cm³/mol. The van der Waals surface area contributed by atoms with Crippen LogP contribution in [0.2, 0.25) is 0 Å². The number of hydrogen-bond donors (Lipinski definition) is 2. The SMILES string of the molecule is O=C(CCc1cscn1)Nc1cc(C(=O)O)ccc1F. The number of carbonyl (C=O) groups is 2. The highest BCUT2D eigenvalue weighted by Gasteiger charge is 2.11. The molecule has 0 spiro atoms. The number of anilines is 1. The highest BCUT2D eigenvalue weighted by atomic mass is 32.1. The highest BCUT2D eigenvalue weighted by Crippen LogP contribution is 2.17. The number of aromatic carboxylic acids is 1. The molecule has 0 aliphatic carbocycles. The molecule has 0 bridgehead atoms. The Bertz CT molecular complexity index is 629. The third-order valence-corrected chi connectivity index (χ3v) is 3.21. The summed E-state index contributed by atoms with van der Waals surface area (Å²) in [6.45, 7) is 0. The molecule has 0 fully saturated rings. The minimum atomic E-state index is -1.18. The summed E-state index contributed by atoms with van der Waals surface area (Å²) in [7, 11) is 0. The van der Waals surface area contributed by atoms with Crippen molar-refractivity contribution < 1.29 is 19.1 Å². The maximum atomic E-state index is 13.5. The number of halogens is 1. The van der Waals surface area contributed by atoms with E-state index in [4.69, 9.17) is 5.11 Å². The lowest BCUT2D eigenvalue weighted by atomic mass is 10.2. The number of nitrogens with zero attached hydrogens (tertiary/aromatic N) is 1. The summed E-state index contributed by atoms with van der Waals surface area (Å²) >= 11 is 1.43. The van der Waals surface area contributed by atoms with Gasteiger partial charge in [-0.1, -0.05) is 0 Å². The van der Waals surface area contributed by atoms with Crippen LogP contribution in [0.1, 0.15) is 22.5 Å². The molecule has 1 aromatic carbocycles. The number of hydrogen-bond acceptors (Lipinski definition) is 4. The van der Waals surface area contributed by atoms with Crippen LogP contribution in [0.3, 0.4) is 0 Å². The lowest BCUT2D eigenvalue weighted by Gasteiger charge is -2.07. The standard InChI is InChI=1S/C13H11FN2O3S/c14-10-3-1-8(13(18)19)5-11(10)16-12(17)4-2-9-6-20-7-15-9/h1,3,5-7H,2,4H2,(H,16,17)(H,18,19). The molecule has 1 aromatic heterocycles. The Kier molecular flexibility index (Phi) is 4.41. The molecule has 1 amide bonds. The van der Waals surface area contributed by atoms with Gasteiger partial charge in [0.05, 0.1) is 22.5 Å². The number of carboxylic acid groups (broad SMARTS) is 1. The fourth-order valence-corrected chi connectivity index (χ4v) is 2.16. The van der Waals surface area contributed by atoms with Crippen molar-refractivity contribution in [3.8, 4) is 0 Å². The van der Waals surface area contributed by atoms with Crippen LogP contribution in [-0.4, -0.2) is 22.0 Å². The Morgan fingerprint density at radius 1 is 1.40 bits per heavy atom. The molecular weight excluding hydrogens is 283 g/mol. The maximum absolute atomic E-state index is 13.5. The number of thiazole rings is 1. The number of amides is 1. The smallest absolute Gasteiger partial charge is 0.335 e. The lowest BCUT2D eigenvalue weighted by molar-refractivity contribution is -0.116. The number of aromatic nitrogens is 1. The molecule has 0 atom stereocenters. The zero-order chi connectivity index (χ0) is 14.5. The van der Waals surface area contributed by atoms with Gasteiger partial charge in [0.2, 0.25) is 5.91 Å². The maximum Gasteiger partial charge on any atom is 0.335 e. The molecule has 2 aromatic rings. The van der Waals surface area contributed by atoms with Crippen LogP contribution in [0.25, 0.3) is 0 Å². The Morgan fingerprint density at radius 2 is 2.20 bits per heavy atom. The van der Waals surface area contributed by atoms with Crippen LogP contribution >= 0.6 is 11.3 Å². The van der Waals surface area contributed by atoms with Crippen LogP contribution in [0.4, 0.5) is 10.1 Å². The van der Waals surface area contributed by atoms with Gasteiger partial charge in [-0.15, -0.1) is 11.3 Å². The third-order valence-electron chi connectivity index (χ3n) is 2.58. The van der Waals surface area contributed by atoms with Crippen molar-refractivity contribution >= 4 is 28.9 Å². The van der Waals surface area contributed by atoms with Gasteiger partial charge in [0.25, 0.3) is 0 Å². The number of carboxylic acids is 1. The minimum absolute atomic E-state index is 0.0822. The van der Waals surface area contributed by atoms with E-state index in [1.807, 2.05) is 5.38 Å². The molecule has 0 aliphatic heterocycles. The summed E-state index contributed by atoms with van der Waals surface area (Å²) in [6.07, 6.45) is 0.607. The molecule has 0 saturated heterocycles. The van der Waals surface area contributed by atoms with Crippen molar-refractivity contribution in [2.75, 3.05) is 5.32 Å². The fraction of sp³-hybridized carbons (Fsp3) is 0.154. The molecule has 0 unspecified atom stereocenters. The molecule has 7 heteroatoms. The first-order valence-corrected chi connectivity index (χ1v) is 6.70. The summed E-state index contributed by atoms with van der Waals surface area (Å²) in [5.41, 5.74) is 2.25. The molecule has 0 radical (unpaired) electrons. The Morgan fingerprint density at radius 3 is 2.85 bits per heavy atom. The molecular formula is C13H11FN2O3S. The summed E-state index contributed by atoms with van der Waals surface area (Å²) in [5, 5.41) is 13.0. The molecule has 0 aliphatic rings. The van der Waals surface area contributed by atoms with E-state index in [0.29, 0.717) is 6.42 Å². The van der Waals surface area contributed by atoms with E-state index in [1.165, 1.54) is 11.3 Å². The first-order valence-electron chi connectivity index (χ1n) is 5.76. The van der Waals surface area contributed by atoms with Crippen molar-refractivity contribution in [3.05, 3.63) is 46.2 Å². The number of benzene rings is 1. The summed E-state index contributed by atoms with van der Waals surface area (Å²) in [5.74, 6) is -2.24. The molecule has 0 saturated carbocycles. The van der Waals surface area contributed by atoms with Gasteiger partial charge in [0.1, 0.15) is 5.82 Å². The van der Waals surface area contributed by atoms with Gasteiger partial charge in [-0.3, -0.25) is 4.79 Å².